The molecule has 0 bridgehead atoms. The van der Waals surface area contributed by atoms with Crippen LogP contribution in [-0.2, 0) is 16.6 Å². The standard InChI is InChI=1S/C33H36N2O4/c1-3-35-16-4-5-27(35)20-34-32(37)25-10-8-24(9-11-25)28-17-23(7-6-22(28)2)18-31(36)33(14-15-33)26-12-13-29-30(19-26)39-21-38-29/h6-13,17,19,27H,3-5,14-16,18,20-21H2,1-2H3,(H,34,37). The number of hydrogen-bond acceptors (Lipinski definition) is 5. The average Bonchev–Trinajstić information content (AvgIpc) is 3.42. The van der Waals surface area contributed by atoms with Crippen molar-refractivity contribution in [3.8, 4) is 22.6 Å². The van der Waals surface area contributed by atoms with Gasteiger partial charge in [0.15, 0.2) is 11.5 Å². The van der Waals surface area contributed by atoms with Gasteiger partial charge in [-0.25, -0.2) is 0 Å². The van der Waals surface area contributed by atoms with Crippen LogP contribution in [0, 0.1) is 6.92 Å². The molecule has 3 aliphatic rings. The molecule has 6 heteroatoms. The number of Topliss-reactive ketones (excluding diaryl/α,β-unsaturated/α-hetero) is 1. The minimum absolute atomic E-state index is 0.0289. The lowest BCUT2D eigenvalue weighted by Gasteiger charge is -2.22. The van der Waals surface area contributed by atoms with Crippen LogP contribution in [0.25, 0.3) is 11.1 Å². The second-order valence-corrected chi connectivity index (χ2v) is 11.1. The summed E-state index contributed by atoms with van der Waals surface area (Å²) < 4.78 is 11.0. The van der Waals surface area contributed by atoms with E-state index in [9.17, 15) is 9.59 Å². The van der Waals surface area contributed by atoms with Crippen molar-refractivity contribution in [3.63, 3.8) is 0 Å². The molecule has 1 unspecified atom stereocenters. The summed E-state index contributed by atoms with van der Waals surface area (Å²) >= 11 is 0. The molecule has 2 aliphatic heterocycles. The Morgan fingerprint density at radius 1 is 1.00 bits per heavy atom. The molecule has 202 valence electrons. The first kappa shape index (κ1) is 25.6. The number of likely N-dealkylation sites (tertiary alicyclic amines) is 1. The van der Waals surface area contributed by atoms with Crippen molar-refractivity contribution in [2.24, 2.45) is 0 Å². The first-order valence-electron chi connectivity index (χ1n) is 14.1. The predicted molar refractivity (Wildman–Crippen MR) is 151 cm³/mol. The topological polar surface area (TPSA) is 67.9 Å². The van der Waals surface area contributed by atoms with E-state index in [2.05, 4.69) is 42.3 Å². The number of amides is 1. The van der Waals surface area contributed by atoms with Gasteiger partial charge in [0, 0.05) is 24.6 Å². The summed E-state index contributed by atoms with van der Waals surface area (Å²) in [5, 5.41) is 3.12. The van der Waals surface area contributed by atoms with Crippen LogP contribution in [0.2, 0.25) is 0 Å². The van der Waals surface area contributed by atoms with Crippen LogP contribution in [-0.4, -0.2) is 49.1 Å². The quantitative estimate of drug-likeness (QED) is 0.403. The monoisotopic (exact) mass is 524 g/mol. The highest BCUT2D eigenvalue weighted by molar-refractivity contribution is 5.96. The third-order valence-electron chi connectivity index (χ3n) is 8.74. The van der Waals surface area contributed by atoms with E-state index >= 15 is 0 Å². The van der Waals surface area contributed by atoms with Gasteiger partial charge in [0.05, 0.1) is 5.41 Å². The van der Waals surface area contributed by atoms with E-state index in [4.69, 9.17) is 9.47 Å². The van der Waals surface area contributed by atoms with Crippen molar-refractivity contribution in [2.75, 3.05) is 26.4 Å². The smallest absolute Gasteiger partial charge is 0.251 e. The SMILES string of the molecule is CCN1CCCC1CNC(=O)c1ccc(-c2cc(CC(=O)C3(c4ccc5c(c4)OCO5)CC3)ccc2C)cc1. The number of nitrogens with one attached hydrogen (secondary N) is 1. The van der Waals surface area contributed by atoms with Crippen molar-refractivity contribution in [1.29, 1.82) is 0 Å². The molecule has 2 heterocycles. The molecule has 3 aromatic rings. The number of likely N-dealkylation sites (N-methyl/N-ethyl adjacent to an activating group) is 1. The number of ketones is 1. The van der Waals surface area contributed by atoms with E-state index in [-0.39, 0.29) is 18.5 Å². The summed E-state index contributed by atoms with van der Waals surface area (Å²) in [5.41, 5.74) is 5.55. The molecule has 1 N–H and O–H groups in total. The van der Waals surface area contributed by atoms with Gasteiger partial charge < -0.3 is 14.8 Å². The third kappa shape index (κ3) is 5.06. The summed E-state index contributed by atoms with van der Waals surface area (Å²) in [7, 11) is 0. The highest BCUT2D eigenvalue weighted by atomic mass is 16.7. The Morgan fingerprint density at radius 2 is 1.79 bits per heavy atom. The van der Waals surface area contributed by atoms with Gasteiger partial charge in [-0.05, 0) is 97.8 Å². The molecular weight excluding hydrogens is 488 g/mol. The van der Waals surface area contributed by atoms with Crippen molar-refractivity contribution >= 4 is 11.7 Å². The van der Waals surface area contributed by atoms with Crippen LogP contribution in [0.3, 0.4) is 0 Å². The zero-order valence-electron chi connectivity index (χ0n) is 22.8. The second-order valence-electron chi connectivity index (χ2n) is 11.1. The number of nitrogens with zero attached hydrogens (tertiary/aromatic N) is 1. The van der Waals surface area contributed by atoms with Gasteiger partial charge >= 0.3 is 0 Å². The Bertz CT molecular complexity index is 1390. The normalized spacial score (nSPS) is 19.2. The van der Waals surface area contributed by atoms with Crippen LogP contribution < -0.4 is 14.8 Å². The van der Waals surface area contributed by atoms with E-state index in [1.54, 1.807) is 0 Å². The third-order valence-corrected chi connectivity index (χ3v) is 8.74. The molecule has 1 amide bonds. The number of carbonyl (C=O) groups is 2. The van der Waals surface area contributed by atoms with Gasteiger partial charge in [0.25, 0.3) is 5.91 Å². The average molecular weight is 525 g/mol. The van der Waals surface area contributed by atoms with Crippen LogP contribution in [0.15, 0.2) is 60.7 Å². The highest BCUT2D eigenvalue weighted by Gasteiger charge is 2.50. The van der Waals surface area contributed by atoms with Crippen LogP contribution in [0.5, 0.6) is 11.5 Å². The molecule has 0 spiro atoms. The predicted octanol–water partition coefficient (Wildman–Crippen LogP) is 5.45. The maximum atomic E-state index is 13.5. The Hall–Kier alpha value is -3.64. The summed E-state index contributed by atoms with van der Waals surface area (Å²) in [5.74, 6) is 1.68. The summed E-state index contributed by atoms with van der Waals surface area (Å²) in [6.45, 7) is 7.33. The first-order valence-corrected chi connectivity index (χ1v) is 14.1. The molecule has 6 rings (SSSR count). The van der Waals surface area contributed by atoms with Crippen molar-refractivity contribution in [2.45, 2.75) is 57.4 Å². The van der Waals surface area contributed by atoms with Gasteiger partial charge in [-0.15, -0.1) is 0 Å². The van der Waals surface area contributed by atoms with Gasteiger partial charge in [0.2, 0.25) is 6.79 Å². The molecular formula is C33H36N2O4. The molecule has 1 saturated heterocycles. The van der Waals surface area contributed by atoms with Gasteiger partial charge in [-0.1, -0.05) is 43.3 Å². The fraction of sp³-hybridized carbons (Fsp3) is 0.394. The number of carbonyl (C=O) groups excluding carboxylic acids is 2. The molecule has 1 saturated carbocycles. The number of ether oxygens (including phenoxy) is 2. The molecule has 1 aliphatic carbocycles. The van der Waals surface area contributed by atoms with Crippen LogP contribution >= 0.6 is 0 Å². The number of benzene rings is 3. The van der Waals surface area contributed by atoms with Gasteiger partial charge in [-0.3, -0.25) is 14.5 Å². The largest absolute Gasteiger partial charge is 0.454 e. The lowest BCUT2D eigenvalue weighted by atomic mass is 9.87. The lowest BCUT2D eigenvalue weighted by molar-refractivity contribution is -0.120. The molecule has 39 heavy (non-hydrogen) atoms. The van der Waals surface area contributed by atoms with Crippen molar-refractivity contribution in [3.05, 3.63) is 82.9 Å². The lowest BCUT2D eigenvalue weighted by Crippen LogP contribution is -2.40. The molecule has 0 aromatic heterocycles. The van der Waals surface area contributed by atoms with Gasteiger partial charge in [0.1, 0.15) is 5.78 Å². The van der Waals surface area contributed by atoms with E-state index in [0.717, 1.165) is 71.7 Å². The molecule has 6 nitrogen and oxygen atoms in total. The Balaban J connectivity index is 1.13. The zero-order valence-corrected chi connectivity index (χ0v) is 22.8. The van der Waals surface area contributed by atoms with Crippen LogP contribution in [0.4, 0.5) is 0 Å². The van der Waals surface area contributed by atoms with Crippen LogP contribution in [0.1, 0.15) is 59.7 Å². The number of hydrogen-bond donors (Lipinski definition) is 1. The highest BCUT2D eigenvalue weighted by Crippen LogP contribution is 2.51. The van der Waals surface area contributed by atoms with E-state index in [0.29, 0.717) is 24.6 Å². The summed E-state index contributed by atoms with van der Waals surface area (Å²) in [4.78, 5) is 28.7. The van der Waals surface area contributed by atoms with E-state index < -0.39 is 5.41 Å². The Kier molecular flexibility index (Phi) is 6.90. The summed E-state index contributed by atoms with van der Waals surface area (Å²) in [6, 6.07) is 20.4. The van der Waals surface area contributed by atoms with Crippen molar-refractivity contribution in [1.82, 2.24) is 10.2 Å². The maximum Gasteiger partial charge on any atom is 0.251 e. The Labute approximate surface area is 230 Å². The summed E-state index contributed by atoms with van der Waals surface area (Å²) in [6.07, 6.45) is 4.46. The fourth-order valence-corrected chi connectivity index (χ4v) is 6.15. The van der Waals surface area contributed by atoms with E-state index in [1.807, 2.05) is 42.5 Å². The molecule has 1 atom stereocenters. The number of aryl methyl sites for hydroxylation is 1. The minimum Gasteiger partial charge on any atom is -0.454 e. The maximum absolute atomic E-state index is 13.5. The molecule has 2 fully saturated rings. The van der Waals surface area contributed by atoms with Crippen molar-refractivity contribution < 1.29 is 19.1 Å². The Morgan fingerprint density at radius 3 is 2.56 bits per heavy atom. The fourth-order valence-electron chi connectivity index (χ4n) is 6.15. The number of fused-ring (bicyclic) bond motifs is 1. The van der Waals surface area contributed by atoms with E-state index in [1.165, 1.54) is 6.42 Å². The molecule has 0 radical (unpaired) electrons. The zero-order chi connectivity index (χ0) is 27.0. The second kappa shape index (κ2) is 10.5. The first-order chi connectivity index (χ1) is 19.0. The van der Waals surface area contributed by atoms with Gasteiger partial charge in [-0.2, -0.15) is 0 Å². The molecule has 3 aromatic carbocycles. The number of rotatable bonds is 9. The minimum atomic E-state index is -0.423.